The van der Waals surface area contributed by atoms with Crippen LogP contribution in [0.3, 0.4) is 0 Å². The monoisotopic (exact) mass is 1500 g/mol. The largest absolute Gasteiger partial charge is 0.472 e. The number of hydrogen-bond acceptors (Lipinski definition) is 15. The van der Waals surface area contributed by atoms with E-state index in [1.165, 1.54) is 77.0 Å². The van der Waals surface area contributed by atoms with Gasteiger partial charge < -0.3 is 33.8 Å². The minimum absolute atomic E-state index is 0.0819. The van der Waals surface area contributed by atoms with Crippen LogP contribution in [0.2, 0.25) is 0 Å². The van der Waals surface area contributed by atoms with Crippen LogP contribution in [0.15, 0.2) is 109 Å². The average molecular weight is 1500 g/mol. The zero-order chi connectivity index (χ0) is 76.0. The van der Waals surface area contributed by atoms with Gasteiger partial charge in [0.05, 0.1) is 26.4 Å². The topological polar surface area (TPSA) is 237 Å². The van der Waals surface area contributed by atoms with E-state index in [1.807, 2.05) is 0 Å². The molecule has 0 radical (unpaired) electrons. The Morgan fingerprint density at radius 3 is 0.779 bits per heavy atom. The summed E-state index contributed by atoms with van der Waals surface area (Å²) in [5, 5.41) is 10.6. The number of hydrogen-bond donors (Lipinski definition) is 3. The molecule has 0 spiro atoms. The first-order valence-electron chi connectivity index (χ1n) is 41.1. The minimum Gasteiger partial charge on any atom is -0.462 e. The van der Waals surface area contributed by atoms with E-state index in [-0.39, 0.29) is 25.7 Å². The van der Waals surface area contributed by atoms with Crippen molar-refractivity contribution in [3.8, 4) is 0 Å². The Morgan fingerprint density at radius 1 is 0.279 bits per heavy atom. The standard InChI is InChI=1S/C85H148O17P2/c1-5-9-13-17-21-25-29-32-35-37-39-41-44-46-50-53-57-61-65-69-82(87)95-75-80(101-84(89)71-67-63-59-55-49-28-24-20-16-12-8-4)77-99-103(91,92)97-73-79(86)74-98-104(93,94)100-78-81(102-85(90)72-68-64-60-56-52-48-43-34-31-27-23-19-15-11-7-3)76-96-83(88)70-66-62-58-54-51-47-45-42-40-38-36-33-30-26-22-18-14-10-6-2/h9-10,13-14,21-22,25-26,32-36,39-43,79-81,86H,5-8,11-12,15-20,23-24,27-31,37-38,44-78H2,1-4H3,(H,91,92)(H,93,94)/b13-9-,14-10-,25-21-,26-22-,35-32-,36-33-,41-39-,42-40-,43-34-. The van der Waals surface area contributed by atoms with Gasteiger partial charge in [-0.05, 0) is 128 Å². The molecule has 0 aliphatic heterocycles. The maximum absolute atomic E-state index is 13.1. The highest BCUT2D eigenvalue weighted by atomic mass is 31.2. The lowest BCUT2D eigenvalue weighted by atomic mass is 10.1. The van der Waals surface area contributed by atoms with Crippen molar-refractivity contribution in [1.29, 1.82) is 0 Å². The number of esters is 4. The number of allylic oxidation sites excluding steroid dienone is 18. The summed E-state index contributed by atoms with van der Waals surface area (Å²) in [5.41, 5.74) is 0. The van der Waals surface area contributed by atoms with Gasteiger partial charge in [0.25, 0.3) is 0 Å². The Morgan fingerprint density at radius 2 is 0.500 bits per heavy atom. The zero-order valence-electron chi connectivity index (χ0n) is 65.7. The van der Waals surface area contributed by atoms with E-state index in [0.29, 0.717) is 25.7 Å². The molecule has 0 amide bonds. The summed E-state index contributed by atoms with van der Waals surface area (Å²) in [7, 11) is -9.96. The van der Waals surface area contributed by atoms with Crippen molar-refractivity contribution < 1.29 is 80.2 Å². The SMILES string of the molecule is CC/C=C\C/C=C\C/C=C\C/C=C\CCCCCCCCC(=O)OCC(COP(=O)(O)OCC(O)COP(=O)(O)OCC(COC(=O)CCCCCCCC/C=C\C/C=C\C/C=C\C/C=C\CC)OC(=O)CCCCCCCCCCCCC)OC(=O)CCCCCCC/C=C\CCCCCCCC. The van der Waals surface area contributed by atoms with Crippen molar-refractivity contribution in [3.05, 3.63) is 109 Å². The predicted octanol–water partition coefficient (Wildman–Crippen LogP) is 24.1. The lowest BCUT2D eigenvalue weighted by Crippen LogP contribution is -2.30. The molecule has 0 saturated heterocycles. The summed E-state index contributed by atoms with van der Waals surface area (Å²) < 4.78 is 68.7. The fourth-order valence-electron chi connectivity index (χ4n) is 11.0. The van der Waals surface area contributed by atoms with Gasteiger partial charge >= 0.3 is 39.5 Å². The van der Waals surface area contributed by atoms with Gasteiger partial charge in [0.2, 0.25) is 0 Å². The Labute approximate surface area is 632 Å². The van der Waals surface area contributed by atoms with E-state index < -0.39 is 97.5 Å². The molecule has 0 aromatic carbocycles. The van der Waals surface area contributed by atoms with E-state index in [4.69, 9.17) is 37.0 Å². The normalized spacial score (nSPS) is 14.4. The second kappa shape index (κ2) is 76.9. The number of rotatable bonds is 77. The molecule has 600 valence electrons. The third-order valence-electron chi connectivity index (χ3n) is 17.2. The Bertz CT molecular complexity index is 2390. The molecular formula is C85H148O17P2. The van der Waals surface area contributed by atoms with Crippen LogP contribution in [0, 0.1) is 0 Å². The molecule has 19 heteroatoms. The molecule has 0 aromatic heterocycles. The number of aliphatic hydroxyl groups is 1. The van der Waals surface area contributed by atoms with Crippen LogP contribution in [-0.4, -0.2) is 96.7 Å². The Balaban J connectivity index is 5.32. The second-order valence-electron chi connectivity index (χ2n) is 27.3. The molecule has 0 aromatic rings. The van der Waals surface area contributed by atoms with Crippen LogP contribution in [-0.2, 0) is 65.4 Å². The highest BCUT2D eigenvalue weighted by Crippen LogP contribution is 2.45. The van der Waals surface area contributed by atoms with Crippen LogP contribution >= 0.6 is 15.6 Å². The van der Waals surface area contributed by atoms with Gasteiger partial charge in [0.1, 0.15) is 19.3 Å². The number of carbonyl (C=O) groups excluding carboxylic acids is 4. The second-order valence-corrected chi connectivity index (χ2v) is 30.2. The molecule has 0 aliphatic carbocycles. The van der Waals surface area contributed by atoms with E-state index in [2.05, 4.69) is 137 Å². The maximum Gasteiger partial charge on any atom is 0.472 e. The van der Waals surface area contributed by atoms with Gasteiger partial charge in [-0.1, -0.05) is 304 Å². The summed E-state index contributed by atoms with van der Waals surface area (Å²) in [4.78, 5) is 73.1. The highest BCUT2D eigenvalue weighted by Gasteiger charge is 2.30. The number of ether oxygens (including phenoxy) is 4. The third-order valence-corrected chi connectivity index (χ3v) is 19.1. The van der Waals surface area contributed by atoms with Crippen molar-refractivity contribution >= 4 is 39.5 Å². The first kappa shape index (κ1) is 99.7. The van der Waals surface area contributed by atoms with Gasteiger partial charge in [-0.15, -0.1) is 0 Å². The summed E-state index contributed by atoms with van der Waals surface area (Å²) >= 11 is 0. The molecule has 3 N–H and O–H groups in total. The van der Waals surface area contributed by atoms with Gasteiger partial charge in [-0.25, -0.2) is 9.13 Å². The molecule has 104 heavy (non-hydrogen) atoms. The molecule has 0 aliphatic rings. The van der Waals surface area contributed by atoms with Crippen LogP contribution in [0.25, 0.3) is 0 Å². The lowest BCUT2D eigenvalue weighted by molar-refractivity contribution is -0.161. The Kier molecular flexibility index (Phi) is 73.7. The van der Waals surface area contributed by atoms with Crippen molar-refractivity contribution in [2.75, 3.05) is 39.6 Å². The smallest absolute Gasteiger partial charge is 0.462 e. The van der Waals surface area contributed by atoms with Crippen molar-refractivity contribution in [3.63, 3.8) is 0 Å². The van der Waals surface area contributed by atoms with Crippen LogP contribution in [0.5, 0.6) is 0 Å². The summed E-state index contributed by atoms with van der Waals surface area (Å²) in [6.07, 6.45) is 83.4. The minimum atomic E-state index is -4.98. The molecular weight excluding hydrogens is 1350 g/mol. The summed E-state index contributed by atoms with van der Waals surface area (Å²) in [6, 6.07) is 0. The molecule has 0 bridgehead atoms. The number of aliphatic hydroxyl groups excluding tert-OH is 1. The van der Waals surface area contributed by atoms with Gasteiger partial charge in [-0.3, -0.25) is 37.3 Å². The first-order valence-corrected chi connectivity index (χ1v) is 44.1. The third kappa shape index (κ3) is 75.9. The molecule has 0 fully saturated rings. The highest BCUT2D eigenvalue weighted by molar-refractivity contribution is 7.47. The first-order chi connectivity index (χ1) is 50.7. The van der Waals surface area contributed by atoms with Crippen LogP contribution in [0.1, 0.15) is 349 Å². The van der Waals surface area contributed by atoms with E-state index in [9.17, 15) is 43.2 Å². The van der Waals surface area contributed by atoms with E-state index in [0.717, 1.165) is 193 Å². The van der Waals surface area contributed by atoms with Crippen molar-refractivity contribution in [2.45, 2.75) is 367 Å². The Hall–Kier alpha value is -4.28. The predicted molar refractivity (Wildman–Crippen MR) is 427 cm³/mol. The fourth-order valence-corrected chi connectivity index (χ4v) is 12.6. The van der Waals surface area contributed by atoms with Gasteiger partial charge in [0, 0.05) is 25.7 Å². The molecule has 5 atom stereocenters. The summed E-state index contributed by atoms with van der Waals surface area (Å²) in [5.74, 6) is -2.20. The van der Waals surface area contributed by atoms with Gasteiger partial charge in [-0.2, -0.15) is 0 Å². The van der Waals surface area contributed by atoms with Gasteiger partial charge in [0.15, 0.2) is 12.2 Å². The number of phosphoric acid groups is 2. The molecule has 5 unspecified atom stereocenters. The van der Waals surface area contributed by atoms with Crippen LogP contribution in [0.4, 0.5) is 0 Å². The maximum atomic E-state index is 13.1. The lowest BCUT2D eigenvalue weighted by Gasteiger charge is -2.21. The average Bonchev–Trinajstić information content (AvgIpc) is 0.929. The molecule has 0 rings (SSSR count). The summed E-state index contributed by atoms with van der Waals surface area (Å²) in [6.45, 7) is 4.64. The van der Waals surface area contributed by atoms with Crippen molar-refractivity contribution in [2.24, 2.45) is 0 Å². The fraction of sp³-hybridized carbons (Fsp3) is 0.741. The number of carbonyl (C=O) groups is 4. The zero-order valence-corrected chi connectivity index (χ0v) is 67.5. The van der Waals surface area contributed by atoms with Crippen LogP contribution < -0.4 is 0 Å². The number of phosphoric ester groups is 2. The molecule has 17 nitrogen and oxygen atoms in total. The van der Waals surface area contributed by atoms with E-state index in [1.54, 1.807) is 0 Å². The van der Waals surface area contributed by atoms with Crippen molar-refractivity contribution in [1.82, 2.24) is 0 Å². The molecule has 0 heterocycles. The quantitative estimate of drug-likeness (QED) is 0.0169. The molecule has 0 saturated carbocycles. The van der Waals surface area contributed by atoms with E-state index >= 15 is 0 Å². The number of unbranched alkanes of at least 4 members (excludes halogenated alkanes) is 33.